The maximum absolute atomic E-state index is 12.9. The maximum atomic E-state index is 12.9. The fourth-order valence-electron chi connectivity index (χ4n) is 3.51. The van der Waals surface area contributed by atoms with Crippen molar-refractivity contribution in [3.8, 4) is 0 Å². The molecule has 0 spiro atoms. The number of rotatable bonds is 6. The van der Waals surface area contributed by atoms with Crippen molar-refractivity contribution in [2.45, 2.75) is 52.1 Å². The molecule has 1 amide bonds. The largest absolute Gasteiger partial charge is 0.463 e. The molecule has 0 aromatic carbocycles. The Hall–Kier alpha value is -2.19. The van der Waals surface area contributed by atoms with Crippen LogP contribution in [-0.4, -0.2) is 29.1 Å². The zero-order valence-electron chi connectivity index (χ0n) is 16.7. The minimum atomic E-state index is -0.522. The Balaban J connectivity index is 1.91. The molecular formula is C21H26N2O4S2. The number of carbonyl (C=O) groups is 2. The van der Waals surface area contributed by atoms with Crippen molar-refractivity contribution in [1.29, 1.82) is 0 Å². The van der Waals surface area contributed by atoms with Crippen LogP contribution in [0.2, 0.25) is 0 Å². The van der Waals surface area contributed by atoms with Crippen LogP contribution in [-0.2, 0) is 20.9 Å². The van der Waals surface area contributed by atoms with Gasteiger partial charge in [-0.05, 0) is 54.1 Å². The number of ether oxygens (including phenoxy) is 1. The number of amides is 1. The number of thiophene rings is 1. The number of thiazole rings is 1. The van der Waals surface area contributed by atoms with Crippen LogP contribution in [0.4, 0.5) is 0 Å². The number of hydrogen-bond donors (Lipinski definition) is 1. The summed E-state index contributed by atoms with van der Waals surface area (Å²) >= 11 is 2.73. The average molecular weight is 435 g/mol. The van der Waals surface area contributed by atoms with E-state index in [0.29, 0.717) is 15.1 Å². The normalized spacial score (nSPS) is 20.6. The Bertz CT molecular complexity index is 1020. The van der Waals surface area contributed by atoms with Gasteiger partial charge in [0.2, 0.25) is 5.91 Å². The number of hydrogen-bond acceptors (Lipinski definition) is 6. The summed E-state index contributed by atoms with van der Waals surface area (Å²) in [7, 11) is 0. The lowest BCUT2D eigenvalue weighted by atomic mass is 9.86. The van der Waals surface area contributed by atoms with E-state index in [2.05, 4.69) is 12.2 Å². The van der Waals surface area contributed by atoms with E-state index in [1.165, 1.54) is 28.4 Å². The predicted octanol–water partition coefficient (Wildman–Crippen LogP) is 1.84. The van der Waals surface area contributed by atoms with Gasteiger partial charge in [-0.1, -0.05) is 19.8 Å². The highest BCUT2D eigenvalue weighted by Gasteiger charge is 2.23. The molecule has 8 heteroatoms. The molecule has 1 N–H and O–H groups in total. The molecule has 1 saturated carbocycles. The summed E-state index contributed by atoms with van der Waals surface area (Å²) in [6.45, 7) is 4.01. The molecule has 2 aromatic heterocycles. The first kappa shape index (κ1) is 21.5. The highest BCUT2D eigenvalue weighted by Crippen LogP contribution is 2.23. The van der Waals surface area contributed by atoms with Gasteiger partial charge in [0.05, 0.1) is 17.2 Å². The van der Waals surface area contributed by atoms with E-state index in [-0.39, 0.29) is 30.7 Å². The Morgan fingerprint density at radius 2 is 2.14 bits per heavy atom. The van der Waals surface area contributed by atoms with Crippen LogP contribution in [0.1, 0.15) is 45.1 Å². The fourth-order valence-corrected chi connectivity index (χ4v) is 5.16. The van der Waals surface area contributed by atoms with Gasteiger partial charge in [-0.2, -0.15) is 11.3 Å². The number of nitrogens with zero attached hydrogens (tertiary/aromatic N) is 1. The molecule has 2 unspecified atom stereocenters. The van der Waals surface area contributed by atoms with E-state index < -0.39 is 5.97 Å². The first-order chi connectivity index (χ1) is 14.0. The second kappa shape index (κ2) is 10.0. The summed E-state index contributed by atoms with van der Waals surface area (Å²) in [5.74, 6) is -0.296. The van der Waals surface area contributed by atoms with E-state index in [9.17, 15) is 14.4 Å². The molecule has 0 aliphatic heterocycles. The lowest BCUT2D eigenvalue weighted by Crippen LogP contribution is -2.45. The molecule has 3 rings (SSSR count). The molecule has 1 aliphatic carbocycles. The Morgan fingerprint density at radius 1 is 1.34 bits per heavy atom. The average Bonchev–Trinajstić information content (AvgIpc) is 3.28. The van der Waals surface area contributed by atoms with Gasteiger partial charge in [0.1, 0.15) is 11.2 Å². The Labute approximate surface area is 177 Å². The molecule has 29 heavy (non-hydrogen) atoms. The molecule has 0 saturated heterocycles. The monoisotopic (exact) mass is 434 g/mol. The molecule has 0 bridgehead atoms. The maximum Gasteiger partial charge on any atom is 0.333 e. The molecular weight excluding hydrogens is 408 g/mol. The van der Waals surface area contributed by atoms with Crippen molar-refractivity contribution in [3.63, 3.8) is 0 Å². The number of nitrogens with one attached hydrogen (secondary N) is 1. The van der Waals surface area contributed by atoms with Crippen LogP contribution in [0.15, 0.2) is 21.6 Å². The SMILES string of the molecule is CCOC(=O)/C=c1\s/c(=C\c2ccsc2)c(=O)n1CC(=O)NC1CCCCC1C. The summed E-state index contributed by atoms with van der Waals surface area (Å²) in [6, 6.07) is 2.06. The molecule has 2 heterocycles. The minimum absolute atomic E-state index is 0.110. The van der Waals surface area contributed by atoms with Crippen LogP contribution >= 0.6 is 22.7 Å². The van der Waals surface area contributed by atoms with Crippen LogP contribution in [0.5, 0.6) is 0 Å². The Morgan fingerprint density at radius 3 is 2.83 bits per heavy atom. The smallest absolute Gasteiger partial charge is 0.333 e. The second-order valence-corrected chi connectivity index (χ2v) is 9.07. The molecule has 156 valence electrons. The van der Waals surface area contributed by atoms with Crippen molar-refractivity contribution in [2.24, 2.45) is 5.92 Å². The van der Waals surface area contributed by atoms with Gasteiger partial charge in [0, 0.05) is 6.04 Å². The van der Waals surface area contributed by atoms with E-state index >= 15 is 0 Å². The topological polar surface area (TPSA) is 77.4 Å². The summed E-state index contributed by atoms with van der Waals surface area (Å²) < 4.78 is 7.25. The summed E-state index contributed by atoms with van der Waals surface area (Å²) in [4.78, 5) is 37.6. The van der Waals surface area contributed by atoms with Crippen molar-refractivity contribution in [2.75, 3.05) is 6.61 Å². The van der Waals surface area contributed by atoms with Crippen molar-refractivity contribution < 1.29 is 14.3 Å². The van der Waals surface area contributed by atoms with Crippen LogP contribution in [0.25, 0.3) is 12.2 Å². The molecule has 1 fully saturated rings. The molecule has 0 radical (unpaired) electrons. The molecule has 2 aromatic rings. The van der Waals surface area contributed by atoms with Crippen LogP contribution in [0.3, 0.4) is 0 Å². The molecule has 6 nitrogen and oxygen atoms in total. The third kappa shape index (κ3) is 5.67. The standard InChI is InChI=1S/C21H26N2O4S2/c1-3-27-20(25)11-19-23(12-18(24)22-16-7-5-4-6-14(16)2)21(26)17(29-19)10-15-8-9-28-13-15/h8-11,13-14,16H,3-7,12H2,1-2H3,(H,22,24)/b17-10-,19-11-. The van der Waals surface area contributed by atoms with E-state index in [1.807, 2.05) is 16.8 Å². The first-order valence-electron chi connectivity index (χ1n) is 9.89. The van der Waals surface area contributed by atoms with Gasteiger partial charge in [-0.3, -0.25) is 14.2 Å². The van der Waals surface area contributed by atoms with Crippen molar-refractivity contribution >= 4 is 46.7 Å². The van der Waals surface area contributed by atoms with Gasteiger partial charge >= 0.3 is 5.97 Å². The van der Waals surface area contributed by atoms with Gasteiger partial charge in [0.25, 0.3) is 5.56 Å². The zero-order valence-corrected chi connectivity index (χ0v) is 18.3. The molecule has 1 aliphatic rings. The number of esters is 1. The minimum Gasteiger partial charge on any atom is -0.463 e. The summed E-state index contributed by atoms with van der Waals surface area (Å²) in [5.41, 5.74) is 0.646. The van der Waals surface area contributed by atoms with Gasteiger partial charge in [-0.15, -0.1) is 11.3 Å². The highest BCUT2D eigenvalue weighted by atomic mass is 32.1. The molecule has 2 atom stereocenters. The van der Waals surface area contributed by atoms with E-state index in [1.54, 1.807) is 24.3 Å². The Kier molecular flexibility index (Phi) is 7.44. The summed E-state index contributed by atoms with van der Waals surface area (Å²) in [6.07, 6.45) is 7.43. The third-order valence-corrected chi connectivity index (χ3v) is 6.83. The quantitative estimate of drug-likeness (QED) is 0.704. The third-order valence-electron chi connectivity index (χ3n) is 5.06. The summed E-state index contributed by atoms with van der Waals surface area (Å²) in [5, 5.41) is 6.95. The second-order valence-electron chi connectivity index (χ2n) is 7.23. The van der Waals surface area contributed by atoms with Gasteiger partial charge < -0.3 is 10.1 Å². The lowest BCUT2D eigenvalue weighted by Gasteiger charge is -2.29. The van der Waals surface area contributed by atoms with Gasteiger partial charge in [0.15, 0.2) is 0 Å². The number of carbonyl (C=O) groups excluding carboxylic acids is 2. The van der Waals surface area contributed by atoms with Crippen LogP contribution < -0.4 is 20.1 Å². The number of aromatic nitrogens is 1. The predicted molar refractivity (Wildman–Crippen MR) is 116 cm³/mol. The zero-order chi connectivity index (χ0) is 20.8. The van der Waals surface area contributed by atoms with Crippen molar-refractivity contribution in [1.82, 2.24) is 9.88 Å². The van der Waals surface area contributed by atoms with Crippen LogP contribution in [0, 0.1) is 5.92 Å². The van der Waals surface area contributed by atoms with Gasteiger partial charge in [-0.25, -0.2) is 4.79 Å². The lowest BCUT2D eigenvalue weighted by molar-refractivity contribution is -0.135. The fraction of sp³-hybridized carbons (Fsp3) is 0.476. The first-order valence-corrected chi connectivity index (χ1v) is 11.6. The van der Waals surface area contributed by atoms with Crippen molar-refractivity contribution in [3.05, 3.63) is 41.9 Å². The highest BCUT2D eigenvalue weighted by molar-refractivity contribution is 7.08. The van der Waals surface area contributed by atoms with E-state index in [4.69, 9.17) is 4.74 Å². The van der Waals surface area contributed by atoms with E-state index in [0.717, 1.165) is 24.8 Å².